The number of piperidine rings is 1. The molecule has 1 unspecified atom stereocenters. The van der Waals surface area contributed by atoms with Crippen molar-refractivity contribution in [2.75, 3.05) is 24.2 Å². The molecule has 0 spiro atoms. The number of nitrogens with zero attached hydrogens (tertiary/aromatic N) is 1. The van der Waals surface area contributed by atoms with E-state index in [1.165, 1.54) is 23.4 Å². The van der Waals surface area contributed by atoms with E-state index >= 15 is 0 Å². The summed E-state index contributed by atoms with van der Waals surface area (Å²) in [4.78, 5) is 51.4. The zero-order valence-corrected chi connectivity index (χ0v) is 20.3. The van der Waals surface area contributed by atoms with Crippen molar-refractivity contribution in [2.24, 2.45) is 5.92 Å². The summed E-state index contributed by atoms with van der Waals surface area (Å²) in [6.45, 7) is 3.44. The first-order valence-electron chi connectivity index (χ1n) is 11.4. The smallest absolute Gasteiger partial charge is 0.309 e. The fourth-order valence-electron chi connectivity index (χ4n) is 4.36. The molecule has 9 nitrogen and oxygen atoms in total. The molecule has 0 bridgehead atoms. The number of carbonyl (C=O) groups excluding carboxylic acids is 4. The van der Waals surface area contributed by atoms with Gasteiger partial charge in [0.05, 0.1) is 22.9 Å². The number of nitrogens with one attached hydrogen (secondary N) is 1. The van der Waals surface area contributed by atoms with Crippen molar-refractivity contribution >= 4 is 39.2 Å². The lowest BCUT2D eigenvalue weighted by molar-refractivity contribution is -0.158. The zero-order chi connectivity index (χ0) is 25.3. The number of esters is 1. The molecule has 0 aromatic heterocycles. The summed E-state index contributed by atoms with van der Waals surface area (Å²) in [5.41, 5.74) is 1.05. The van der Waals surface area contributed by atoms with Gasteiger partial charge in [-0.15, -0.1) is 0 Å². The molecule has 2 aromatic carbocycles. The molecule has 184 valence electrons. The SMILES string of the molecule is CCS(=O)(=O)N1CCC(C(=O)OC(C)C(=O)Nc2cccc3c2C(=O)c2ccccc2C3=O)CC1. The van der Waals surface area contributed by atoms with Crippen molar-refractivity contribution < 1.29 is 32.3 Å². The number of sulfonamides is 1. The highest BCUT2D eigenvalue weighted by atomic mass is 32.2. The quantitative estimate of drug-likeness (QED) is 0.517. The van der Waals surface area contributed by atoms with Crippen LogP contribution in [-0.2, 0) is 24.3 Å². The Bertz CT molecular complexity index is 1310. The molecule has 1 N–H and O–H groups in total. The highest BCUT2D eigenvalue weighted by molar-refractivity contribution is 7.89. The van der Waals surface area contributed by atoms with Crippen molar-refractivity contribution in [2.45, 2.75) is 32.8 Å². The third-order valence-electron chi connectivity index (χ3n) is 6.42. The second-order valence-electron chi connectivity index (χ2n) is 8.57. The van der Waals surface area contributed by atoms with Gasteiger partial charge in [0, 0.05) is 29.8 Å². The standard InChI is InChI=1S/C25H26N2O7S/c1-3-35(32,33)27-13-11-16(12-14-27)25(31)34-15(2)24(30)26-20-10-6-9-19-21(20)23(29)18-8-5-4-7-17(18)22(19)28/h4-10,15-16H,3,11-14H2,1-2H3,(H,26,30). The lowest BCUT2D eigenvalue weighted by atomic mass is 9.83. The molecular formula is C25H26N2O7S. The van der Waals surface area contributed by atoms with Crippen LogP contribution in [0.3, 0.4) is 0 Å². The predicted molar refractivity (Wildman–Crippen MR) is 128 cm³/mol. The zero-order valence-electron chi connectivity index (χ0n) is 19.4. The van der Waals surface area contributed by atoms with Crippen LogP contribution in [-0.4, -0.2) is 61.1 Å². The average Bonchev–Trinajstić information content (AvgIpc) is 2.87. The second-order valence-corrected chi connectivity index (χ2v) is 10.8. The van der Waals surface area contributed by atoms with E-state index in [-0.39, 0.29) is 52.8 Å². The number of rotatable bonds is 6. The molecule has 1 saturated heterocycles. The number of carbonyl (C=O) groups is 4. The van der Waals surface area contributed by atoms with E-state index in [9.17, 15) is 27.6 Å². The molecule has 0 radical (unpaired) electrons. The lowest BCUT2D eigenvalue weighted by Crippen LogP contribution is -2.42. The molecule has 1 aliphatic heterocycles. The first kappa shape index (κ1) is 24.7. The number of amides is 1. The summed E-state index contributed by atoms with van der Waals surface area (Å²) in [5.74, 6) is -2.39. The predicted octanol–water partition coefficient (Wildman–Crippen LogP) is 2.39. The molecule has 1 heterocycles. The van der Waals surface area contributed by atoms with Crippen LogP contribution in [0.15, 0.2) is 42.5 Å². The lowest BCUT2D eigenvalue weighted by Gasteiger charge is -2.30. The molecular weight excluding hydrogens is 472 g/mol. The fourth-order valence-corrected chi connectivity index (χ4v) is 5.49. The van der Waals surface area contributed by atoms with Gasteiger partial charge in [0.2, 0.25) is 10.0 Å². The van der Waals surface area contributed by atoms with Crippen LogP contribution in [0.2, 0.25) is 0 Å². The van der Waals surface area contributed by atoms with Crippen molar-refractivity contribution in [1.82, 2.24) is 4.31 Å². The summed E-state index contributed by atoms with van der Waals surface area (Å²) in [6, 6.07) is 11.1. The van der Waals surface area contributed by atoms with Gasteiger partial charge in [0.1, 0.15) is 0 Å². The second kappa shape index (κ2) is 9.71. The molecule has 1 fully saturated rings. The number of ketones is 2. The van der Waals surface area contributed by atoms with Gasteiger partial charge >= 0.3 is 5.97 Å². The molecule has 2 aromatic rings. The largest absolute Gasteiger partial charge is 0.452 e. The number of ether oxygens (including phenoxy) is 1. The van der Waals surface area contributed by atoms with Crippen LogP contribution in [0.1, 0.15) is 58.5 Å². The Morgan fingerprint density at radius 3 is 2.23 bits per heavy atom. The van der Waals surface area contributed by atoms with Gasteiger partial charge in [-0.25, -0.2) is 12.7 Å². The monoisotopic (exact) mass is 498 g/mol. The first-order chi connectivity index (χ1) is 16.6. The van der Waals surface area contributed by atoms with E-state index in [1.807, 2.05) is 0 Å². The third kappa shape index (κ3) is 4.76. The van der Waals surface area contributed by atoms with Crippen molar-refractivity contribution in [3.05, 3.63) is 64.7 Å². The van der Waals surface area contributed by atoms with E-state index in [0.717, 1.165) is 0 Å². The van der Waals surface area contributed by atoms with E-state index < -0.39 is 33.9 Å². The van der Waals surface area contributed by atoms with Crippen LogP contribution >= 0.6 is 0 Å². The van der Waals surface area contributed by atoms with Crippen LogP contribution in [0, 0.1) is 5.92 Å². The van der Waals surface area contributed by atoms with E-state index in [1.54, 1.807) is 37.3 Å². The van der Waals surface area contributed by atoms with Crippen LogP contribution in [0.25, 0.3) is 0 Å². The molecule has 1 amide bonds. The number of hydrogen-bond acceptors (Lipinski definition) is 7. The maximum Gasteiger partial charge on any atom is 0.309 e. The molecule has 10 heteroatoms. The number of benzene rings is 2. The van der Waals surface area contributed by atoms with E-state index in [0.29, 0.717) is 18.4 Å². The maximum absolute atomic E-state index is 13.1. The summed E-state index contributed by atoms with van der Waals surface area (Å²) in [7, 11) is -3.31. The third-order valence-corrected chi connectivity index (χ3v) is 8.30. The molecule has 1 atom stereocenters. The van der Waals surface area contributed by atoms with Crippen LogP contribution in [0.4, 0.5) is 5.69 Å². The highest BCUT2D eigenvalue weighted by Crippen LogP contribution is 2.32. The van der Waals surface area contributed by atoms with Gasteiger partial charge < -0.3 is 10.1 Å². The first-order valence-corrected chi connectivity index (χ1v) is 13.1. The summed E-state index contributed by atoms with van der Waals surface area (Å²) >= 11 is 0. The summed E-state index contributed by atoms with van der Waals surface area (Å²) in [5, 5.41) is 2.62. The van der Waals surface area contributed by atoms with E-state index in [2.05, 4.69) is 5.32 Å². The molecule has 0 saturated carbocycles. The minimum atomic E-state index is -3.31. The van der Waals surface area contributed by atoms with Gasteiger partial charge in [0.15, 0.2) is 17.7 Å². The summed E-state index contributed by atoms with van der Waals surface area (Å²) < 4.78 is 30.7. The topological polar surface area (TPSA) is 127 Å². The van der Waals surface area contributed by atoms with Gasteiger partial charge in [-0.1, -0.05) is 36.4 Å². The maximum atomic E-state index is 13.1. The van der Waals surface area contributed by atoms with Crippen molar-refractivity contribution in [3.63, 3.8) is 0 Å². The Morgan fingerprint density at radius 2 is 1.60 bits per heavy atom. The van der Waals surface area contributed by atoms with Crippen LogP contribution < -0.4 is 5.32 Å². The number of anilines is 1. The number of hydrogen-bond donors (Lipinski definition) is 1. The normalized spacial score (nSPS) is 17.3. The van der Waals surface area contributed by atoms with Gasteiger partial charge in [-0.3, -0.25) is 19.2 Å². The molecule has 1 aliphatic carbocycles. The Morgan fingerprint density at radius 1 is 1.00 bits per heavy atom. The minimum absolute atomic E-state index is 0.00217. The van der Waals surface area contributed by atoms with E-state index in [4.69, 9.17) is 4.74 Å². The fraction of sp³-hybridized carbons (Fsp3) is 0.360. The highest BCUT2D eigenvalue weighted by Gasteiger charge is 2.34. The average molecular weight is 499 g/mol. The van der Waals surface area contributed by atoms with Gasteiger partial charge in [-0.05, 0) is 32.8 Å². The minimum Gasteiger partial charge on any atom is -0.452 e. The van der Waals surface area contributed by atoms with Crippen molar-refractivity contribution in [1.29, 1.82) is 0 Å². The Hall–Kier alpha value is -3.37. The molecule has 4 rings (SSSR count). The Labute approximate surface area is 203 Å². The van der Waals surface area contributed by atoms with Gasteiger partial charge in [-0.2, -0.15) is 0 Å². The van der Waals surface area contributed by atoms with Crippen LogP contribution in [0.5, 0.6) is 0 Å². The number of fused-ring (bicyclic) bond motifs is 2. The molecule has 2 aliphatic rings. The van der Waals surface area contributed by atoms with Gasteiger partial charge in [0.25, 0.3) is 5.91 Å². The molecule has 35 heavy (non-hydrogen) atoms. The summed E-state index contributed by atoms with van der Waals surface area (Å²) in [6.07, 6.45) is -0.527. The van der Waals surface area contributed by atoms with Crippen molar-refractivity contribution in [3.8, 4) is 0 Å². The Kier molecular flexibility index (Phi) is 6.86. The Balaban J connectivity index is 1.43.